The van der Waals surface area contributed by atoms with E-state index in [4.69, 9.17) is 4.74 Å². The van der Waals surface area contributed by atoms with Gasteiger partial charge in [0.2, 0.25) is 0 Å². The number of hydrogen-bond donors (Lipinski definition) is 2. The predicted octanol–water partition coefficient (Wildman–Crippen LogP) is 3.16. The molecule has 1 aromatic heterocycles. The number of rotatable bonds is 3. The number of hydrogen-bond acceptors (Lipinski definition) is 2. The van der Waals surface area contributed by atoms with Crippen LogP contribution in [0.5, 0.6) is 11.5 Å². The Bertz CT molecular complexity index is 712. The molecule has 0 bridgehead atoms. The maximum Gasteiger partial charge on any atom is 0.323 e. The van der Waals surface area contributed by atoms with E-state index in [0.717, 1.165) is 22.8 Å². The van der Waals surface area contributed by atoms with Crippen molar-refractivity contribution in [3.05, 3.63) is 71.3 Å². The molecule has 2 aromatic carbocycles. The van der Waals surface area contributed by atoms with Crippen LogP contribution in [0, 0.1) is 0 Å². The number of ether oxygens (including phenoxy) is 1. The highest BCUT2D eigenvalue weighted by molar-refractivity contribution is 5.59. The molecule has 4 heteroatoms. The van der Waals surface area contributed by atoms with Crippen LogP contribution < -0.4 is 10.4 Å². The molecule has 1 heterocycles. The fourth-order valence-electron chi connectivity index (χ4n) is 1.81. The summed E-state index contributed by atoms with van der Waals surface area (Å²) in [7, 11) is 0. The van der Waals surface area contributed by atoms with Crippen molar-refractivity contribution in [2.24, 2.45) is 0 Å². The van der Waals surface area contributed by atoms with Crippen molar-refractivity contribution in [1.29, 1.82) is 0 Å². The van der Waals surface area contributed by atoms with Crippen molar-refractivity contribution in [2.45, 2.75) is 0 Å². The van der Waals surface area contributed by atoms with Crippen molar-refractivity contribution >= 4 is 0 Å². The Labute approximate surface area is 109 Å². The van der Waals surface area contributed by atoms with Gasteiger partial charge >= 0.3 is 5.69 Å². The van der Waals surface area contributed by atoms with Crippen LogP contribution in [0.2, 0.25) is 0 Å². The molecule has 0 fully saturated rings. The summed E-state index contributed by atoms with van der Waals surface area (Å²) >= 11 is 0. The van der Waals surface area contributed by atoms with Crippen LogP contribution in [0.4, 0.5) is 0 Å². The quantitative estimate of drug-likeness (QED) is 0.752. The monoisotopic (exact) mass is 252 g/mol. The van der Waals surface area contributed by atoms with E-state index < -0.39 is 0 Å². The summed E-state index contributed by atoms with van der Waals surface area (Å²) in [6.45, 7) is 0. The fourth-order valence-corrected chi connectivity index (χ4v) is 1.81. The molecule has 4 nitrogen and oxygen atoms in total. The number of para-hydroxylation sites is 1. The highest BCUT2D eigenvalue weighted by atomic mass is 16.5. The maximum absolute atomic E-state index is 11.0. The van der Waals surface area contributed by atoms with Crippen LogP contribution in [0.3, 0.4) is 0 Å². The molecule has 0 aliphatic carbocycles. The lowest BCUT2D eigenvalue weighted by molar-refractivity contribution is 0.483. The first-order valence-corrected chi connectivity index (χ1v) is 5.92. The fraction of sp³-hybridized carbons (Fsp3) is 0. The topological polar surface area (TPSA) is 57.9 Å². The van der Waals surface area contributed by atoms with Gasteiger partial charge in [-0.15, -0.1) is 0 Å². The molecule has 0 aliphatic heterocycles. The van der Waals surface area contributed by atoms with Gasteiger partial charge in [0.05, 0.1) is 5.69 Å². The van der Waals surface area contributed by atoms with E-state index in [1.807, 2.05) is 54.6 Å². The summed E-state index contributed by atoms with van der Waals surface area (Å²) in [4.78, 5) is 16.3. The molecule has 0 atom stereocenters. The van der Waals surface area contributed by atoms with Crippen molar-refractivity contribution in [1.82, 2.24) is 9.97 Å². The van der Waals surface area contributed by atoms with E-state index in [1.165, 1.54) is 0 Å². The van der Waals surface area contributed by atoms with Crippen molar-refractivity contribution in [2.75, 3.05) is 0 Å². The largest absolute Gasteiger partial charge is 0.457 e. The third-order valence-electron chi connectivity index (χ3n) is 2.74. The van der Waals surface area contributed by atoms with Gasteiger partial charge in [-0.05, 0) is 42.0 Å². The lowest BCUT2D eigenvalue weighted by Gasteiger charge is -2.05. The average molecular weight is 252 g/mol. The third-order valence-corrected chi connectivity index (χ3v) is 2.74. The molecule has 0 saturated heterocycles. The summed E-state index contributed by atoms with van der Waals surface area (Å²) in [5, 5.41) is 0. The van der Waals surface area contributed by atoms with Crippen LogP contribution in [0.15, 0.2) is 65.6 Å². The molecule has 0 radical (unpaired) electrons. The van der Waals surface area contributed by atoms with Gasteiger partial charge in [0, 0.05) is 6.20 Å². The third kappa shape index (κ3) is 2.57. The Kier molecular flexibility index (Phi) is 2.90. The molecular formula is C15H12N2O2. The first-order valence-electron chi connectivity index (χ1n) is 5.92. The summed E-state index contributed by atoms with van der Waals surface area (Å²) in [5.41, 5.74) is 1.48. The van der Waals surface area contributed by atoms with E-state index in [1.54, 1.807) is 6.20 Å². The molecule has 0 aliphatic rings. The Morgan fingerprint density at radius 3 is 2.16 bits per heavy atom. The highest BCUT2D eigenvalue weighted by Gasteiger charge is 2.01. The van der Waals surface area contributed by atoms with Gasteiger partial charge in [0.1, 0.15) is 11.5 Å². The Balaban J connectivity index is 1.81. The van der Waals surface area contributed by atoms with Crippen LogP contribution in [-0.2, 0) is 0 Å². The minimum absolute atomic E-state index is 0.209. The second-order valence-electron chi connectivity index (χ2n) is 4.10. The second-order valence-corrected chi connectivity index (χ2v) is 4.10. The number of benzene rings is 2. The highest BCUT2D eigenvalue weighted by Crippen LogP contribution is 2.24. The number of imidazole rings is 1. The molecule has 94 valence electrons. The van der Waals surface area contributed by atoms with Gasteiger partial charge in [-0.25, -0.2) is 4.79 Å². The van der Waals surface area contributed by atoms with Crippen molar-refractivity contribution in [3.63, 3.8) is 0 Å². The Hall–Kier alpha value is -2.75. The summed E-state index contributed by atoms with van der Waals surface area (Å²) in [5.74, 6) is 1.55. The van der Waals surface area contributed by atoms with Crippen LogP contribution in [0.1, 0.15) is 0 Å². The lowest BCUT2D eigenvalue weighted by atomic mass is 10.2. The first-order chi connectivity index (χ1) is 9.31. The molecule has 19 heavy (non-hydrogen) atoms. The number of nitrogens with one attached hydrogen (secondary N) is 2. The van der Waals surface area contributed by atoms with Crippen molar-refractivity contribution < 1.29 is 4.74 Å². The van der Waals surface area contributed by atoms with Crippen LogP contribution in [-0.4, -0.2) is 9.97 Å². The zero-order valence-electron chi connectivity index (χ0n) is 10.1. The van der Waals surface area contributed by atoms with E-state index in [9.17, 15) is 4.79 Å². The zero-order chi connectivity index (χ0) is 13.1. The average Bonchev–Trinajstić information content (AvgIpc) is 2.87. The molecule has 3 aromatic rings. The minimum atomic E-state index is -0.209. The van der Waals surface area contributed by atoms with Crippen LogP contribution in [0.25, 0.3) is 11.3 Å². The van der Waals surface area contributed by atoms with E-state index in [-0.39, 0.29) is 5.69 Å². The Morgan fingerprint density at radius 2 is 1.53 bits per heavy atom. The second kappa shape index (κ2) is 4.86. The van der Waals surface area contributed by atoms with E-state index in [0.29, 0.717) is 0 Å². The standard InChI is InChI=1S/C15H12N2O2/c18-15-16-10-14(17-15)11-6-8-13(9-7-11)19-12-4-2-1-3-5-12/h1-10H,(H2,16,17,18). The van der Waals surface area contributed by atoms with Gasteiger partial charge in [-0.2, -0.15) is 0 Å². The lowest BCUT2D eigenvalue weighted by Crippen LogP contribution is -1.99. The summed E-state index contributed by atoms with van der Waals surface area (Å²) in [6, 6.07) is 17.1. The molecular weight excluding hydrogens is 240 g/mol. The SMILES string of the molecule is O=c1[nH]cc(-c2ccc(Oc3ccccc3)cc2)[nH]1. The normalized spacial score (nSPS) is 10.3. The molecule has 2 N–H and O–H groups in total. The van der Waals surface area contributed by atoms with Gasteiger partial charge in [0.25, 0.3) is 0 Å². The summed E-state index contributed by atoms with van der Waals surface area (Å²) in [6.07, 6.45) is 1.65. The molecule has 0 saturated carbocycles. The van der Waals surface area contributed by atoms with Gasteiger partial charge in [-0.3, -0.25) is 0 Å². The molecule has 0 spiro atoms. The number of H-pyrrole nitrogens is 2. The number of aromatic amines is 2. The van der Waals surface area contributed by atoms with Crippen LogP contribution >= 0.6 is 0 Å². The zero-order valence-corrected chi connectivity index (χ0v) is 10.1. The molecule has 0 unspecified atom stereocenters. The van der Waals surface area contributed by atoms with E-state index >= 15 is 0 Å². The van der Waals surface area contributed by atoms with E-state index in [2.05, 4.69) is 9.97 Å². The van der Waals surface area contributed by atoms with Gasteiger partial charge in [0.15, 0.2) is 0 Å². The predicted molar refractivity (Wildman–Crippen MR) is 73.4 cm³/mol. The number of aromatic nitrogens is 2. The van der Waals surface area contributed by atoms with Crippen molar-refractivity contribution in [3.8, 4) is 22.8 Å². The first kappa shape index (κ1) is 11.3. The smallest absolute Gasteiger partial charge is 0.323 e. The maximum atomic E-state index is 11.0. The summed E-state index contributed by atoms with van der Waals surface area (Å²) < 4.78 is 5.69. The molecule has 0 amide bonds. The Morgan fingerprint density at radius 1 is 0.842 bits per heavy atom. The molecule has 3 rings (SSSR count). The minimum Gasteiger partial charge on any atom is -0.457 e. The van der Waals surface area contributed by atoms with Gasteiger partial charge in [-0.1, -0.05) is 18.2 Å². The van der Waals surface area contributed by atoms with Gasteiger partial charge < -0.3 is 14.7 Å².